The minimum Gasteiger partial charge on any atom is -0.207 e. The van der Waals surface area contributed by atoms with Gasteiger partial charge in [0.05, 0.1) is 0 Å². The van der Waals surface area contributed by atoms with Crippen LogP contribution in [0.25, 0.3) is 0 Å². The van der Waals surface area contributed by atoms with Crippen LogP contribution < -0.4 is 0 Å². The van der Waals surface area contributed by atoms with E-state index in [9.17, 15) is 12.8 Å². The van der Waals surface area contributed by atoms with E-state index in [1.54, 1.807) is 6.07 Å². The van der Waals surface area contributed by atoms with Crippen molar-refractivity contribution in [3.63, 3.8) is 0 Å². The van der Waals surface area contributed by atoms with Gasteiger partial charge in [-0.15, -0.1) is 0 Å². The first kappa shape index (κ1) is 12.5. The molecule has 1 aliphatic heterocycles. The molecule has 17 heavy (non-hydrogen) atoms. The summed E-state index contributed by atoms with van der Waals surface area (Å²) in [6.45, 7) is 4.97. The van der Waals surface area contributed by atoms with Crippen LogP contribution in [-0.2, 0) is 10.0 Å². The Labute approximate surface area is 101 Å². The van der Waals surface area contributed by atoms with Crippen molar-refractivity contribution < 1.29 is 12.8 Å². The molecule has 0 amide bonds. The summed E-state index contributed by atoms with van der Waals surface area (Å²) in [5.74, 6) is -0.0483. The Morgan fingerprint density at radius 1 is 1.18 bits per heavy atom. The van der Waals surface area contributed by atoms with Gasteiger partial charge < -0.3 is 0 Å². The van der Waals surface area contributed by atoms with Crippen LogP contribution in [0.2, 0.25) is 0 Å². The normalized spacial score (nSPS) is 26.3. The van der Waals surface area contributed by atoms with Gasteiger partial charge in [-0.2, -0.15) is 4.31 Å². The topological polar surface area (TPSA) is 37.4 Å². The smallest absolute Gasteiger partial charge is 0.207 e. The van der Waals surface area contributed by atoms with E-state index in [1.165, 1.54) is 22.5 Å². The van der Waals surface area contributed by atoms with Crippen LogP contribution in [0.3, 0.4) is 0 Å². The summed E-state index contributed by atoms with van der Waals surface area (Å²) in [6, 6.07) is 5.52. The number of benzene rings is 1. The molecule has 0 bridgehead atoms. The Balaban J connectivity index is 2.36. The first-order chi connectivity index (χ1) is 7.93. The van der Waals surface area contributed by atoms with E-state index in [0.29, 0.717) is 24.9 Å². The van der Waals surface area contributed by atoms with Crippen LogP contribution in [0, 0.1) is 17.7 Å². The lowest BCUT2D eigenvalue weighted by molar-refractivity contribution is 0.456. The quantitative estimate of drug-likeness (QED) is 0.813. The molecule has 1 heterocycles. The molecular weight excluding hydrogens is 241 g/mol. The van der Waals surface area contributed by atoms with Gasteiger partial charge in [-0.25, -0.2) is 12.8 Å². The van der Waals surface area contributed by atoms with E-state index < -0.39 is 15.8 Å². The standard InChI is InChI=1S/C12H16FNO2S/c1-9-7-14(8-10(9)2)17(15,16)12-6-4-3-5-11(12)13/h3-6,9-10H,7-8H2,1-2H3. The molecule has 94 valence electrons. The van der Waals surface area contributed by atoms with Crippen molar-refractivity contribution in [1.82, 2.24) is 4.31 Å². The van der Waals surface area contributed by atoms with E-state index in [0.717, 1.165) is 0 Å². The highest BCUT2D eigenvalue weighted by Crippen LogP contribution is 2.28. The number of hydrogen-bond acceptors (Lipinski definition) is 2. The van der Waals surface area contributed by atoms with Crippen molar-refractivity contribution >= 4 is 10.0 Å². The summed E-state index contributed by atoms with van der Waals surface area (Å²) in [6.07, 6.45) is 0. The molecule has 0 spiro atoms. The highest BCUT2D eigenvalue weighted by molar-refractivity contribution is 7.89. The molecule has 1 fully saturated rings. The molecule has 1 saturated heterocycles. The molecule has 0 N–H and O–H groups in total. The molecule has 2 atom stereocenters. The van der Waals surface area contributed by atoms with Crippen LogP contribution in [0.1, 0.15) is 13.8 Å². The fourth-order valence-corrected chi connectivity index (χ4v) is 3.77. The van der Waals surface area contributed by atoms with E-state index in [-0.39, 0.29) is 4.90 Å². The lowest BCUT2D eigenvalue weighted by Crippen LogP contribution is -2.29. The largest absolute Gasteiger partial charge is 0.246 e. The molecule has 2 unspecified atom stereocenters. The second kappa shape index (κ2) is 4.38. The maximum Gasteiger partial charge on any atom is 0.246 e. The van der Waals surface area contributed by atoms with Gasteiger partial charge in [-0.3, -0.25) is 0 Å². The summed E-state index contributed by atoms with van der Waals surface area (Å²) >= 11 is 0. The average molecular weight is 257 g/mol. The summed E-state index contributed by atoms with van der Waals surface area (Å²) < 4.78 is 39.4. The average Bonchev–Trinajstić information content (AvgIpc) is 2.60. The van der Waals surface area contributed by atoms with Crippen molar-refractivity contribution in [3.8, 4) is 0 Å². The Kier molecular flexibility index (Phi) is 3.23. The minimum absolute atomic E-state index is 0.221. The van der Waals surface area contributed by atoms with Gasteiger partial charge in [-0.1, -0.05) is 26.0 Å². The van der Waals surface area contributed by atoms with E-state index in [1.807, 2.05) is 13.8 Å². The Morgan fingerprint density at radius 3 is 2.24 bits per heavy atom. The predicted octanol–water partition coefficient (Wildman–Crippen LogP) is 2.10. The van der Waals surface area contributed by atoms with Crippen LogP contribution >= 0.6 is 0 Å². The predicted molar refractivity (Wildman–Crippen MR) is 63.5 cm³/mol. The van der Waals surface area contributed by atoms with E-state index in [4.69, 9.17) is 0 Å². The van der Waals surface area contributed by atoms with Crippen LogP contribution in [0.15, 0.2) is 29.2 Å². The monoisotopic (exact) mass is 257 g/mol. The molecule has 5 heteroatoms. The Bertz CT molecular complexity index is 505. The second-order valence-corrected chi connectivity index (χ2v) is 6.61. The molecule has 0 aliphatic carbocycles. The van der Waals surface area contributed by atoms with Gasteiger partial charge in [0.1, 0.15) is 10.7 Å². The maximum absolute atomic E-state index is 13.5. The fourth-order valence-electron chi connectivity index (χ4n) is 2.07. The first-order valence-corrected chi connectivity index (χ1v) is 7.11. The van der Waals surface area contributed by atoms with Gasteiger partial charge in [0.15, 0.2) is 0 Å². The number of nitrogens with zero attached hydrogens (tertiary/aromatic N) is 1. The van der Waals surface area contributed by atoms with Crippen LogP contribution in [0.4, 0.5) is 4.39 Å². The minimum atomic E-state index is -3.68. The summed E-state index contributed by atoms with van der Waals surface area (Å²) in [5, 5.41) is 0. The van der Waals surface area contributed by atoms with Gasteiger partial charge in [-0.05, 0) is 24.0 Å². The third-order valence-electron chi connectivity index (χ3n) is 3.41. The van der Waals surface area contributed by atoms with E-state index in [2.05, 4.69) is 0 Å². The third kappa shape index (κ3) is 2.21. The Hall–Kier alpha value is -0.940. The van der Waals surface area contributed by atoms with E-state index >= 15 is 0 Å². The van der Waals surface area contributed by atoms with Crippen molar-refractivity contribution in [2.24, 2.45) is 11.8 Å². The molecule has 2 rings (SSSR count). The van der Waals surface area contributed by atoms with Crippen LogP contribution in [0.5, 0.6) is 0 Å². The first-order valence-electron chi connectivity index (χ1n) is 5.67. The Morgan fingerprint density at radius 2 is 1.71 bits per heavy atom. The molecule has 0 saturated carbocycles. The van der Waals surface area contributed by atoms with Gasteiger partial charge in [0.25, 0.3) is 0 Å². The summed E-state index contributed by atoms with van der Waals surface area (Å²) in [7, 11) is -3.68. The highest BCUT2D eigenvalue weighted by atomic mass is 32.2. The van der Waals surface area contributed by atoms with Crippen molar-refractivity contribution in [1.29, 1.82) is 0 Å². The van der Waals surface area contributed by atoms with Crippen molar-refractivity contribution in [3.05, 3.63) is 30.1 Å². The van der Waals surface area contributed by atoms with Gasteiger partial charge in [0.2, 0.25) is 10.0 Å². The molecule has 1 aromatic rings. The number of rotatable bonds is 2. The molecule has 0 aromatic heterocycles. The fraction of sp³-hybridized carbons (Fsp3) is 0.500. The summed E-state index contributed by atoms with van der Waals surface area (Å²) in [5.41, 5.74) is 0. The lowest BCUT2D eigenvalue weighted by atomic mass is 10.0. The molecule has 0 radical (unpaired) electrons. The number of sulfonamides is 1. The highest BCUT2D eigenvalue weighted by Gasteiger charge is 2.35. The molecule has 1 aliphatic rings. The molecule has 3 nitrogen and oxygen atoms in total. The van der Waals surface area contributed by atoms with Crippen LogP contribution in [-0.4, -0.2) is 25.8 Å². The second-order valence-electron chi connectivity index (χ2n) is 4.71. The maximum atomic E-state index is 13.5. The van der Waals surface area contributed by atoms with Crippen molar-refractivity contribution in [2.45, 2.75) is 18.7 Å². The zero-order valence-corrected chi connectivity index (χ0v) is 10.7. The summed E-state index contributed by atoms with van der Waals surface area (Å²) in [4.78, 5) is -0.221. The lowest BCUT2D eigenvalue weighted by Gasteiger charge is -2.16. The van der Waals surface area contributed by atoms with Gasteiger partial charge >= 0.3 is 0 Å². The number of halogens is 1. The van der Waals surface area contributed by atoms with Gasteiger partial charge in [0, 0.05) is 13.1 Å². The zero-order valence-electron chi connectivity index (χ0n) is 9.93. The SMILES string of the molecule is CC1CN(S(=O)(=O)c2ccccc2F)CC1C. The molecule has 1 aromatic carbocycles. The molecular formula is C12H16FNO2S. The third-order valence-corrected chi connectivity index (χ3v) is 5.27. The number of hydrogen-bond donors (Lipinski definition) is 0. The van der Waals surface area contributed by atoms with Crippen molar-refractivity contribution in [2.75, 3.05) is 13.1 Å². The zero-order chi connectivity index (χ0) is 12.6.